The number of fused-ring (bicyclic) bond motifs is 6. The molecule has 3 aromatic heterocycles. The summed E-state index contributed by atoms with van der Waals surface area (Å²) < 4.78 is 6.97. The molecule has 0 aliphatic heterocycles. The van der Waals surface area contributed by atoms with Gasteiger partial charge in [-0.2, -0.15) is 0 Å². The molecule has 0 aliphatic rings. The lowest BCUT2D eigenvalue weighted by molar-refractivity contribution is 1.01. The zero-order chi connectivity index (χ0) is 36.7. The fourth-order valence-electron chi connectivity index (χ4n) is 8.84. The Balaban J connectivity index is 1.10. The van der Waals surface area contributed by atoms with Crippen LogP contribution in [0.3, 0.4) is 0 Å². The minimum Gasteiger partial charge on any atom is -0.344 e. The van der Waals surface area contributed by atoms with E-state index in [-0.39, 0.29) is 0 Å². The SMILES string of the molecule is Cc1cccc(-c2ccc3c(c2)c2ccc(-c4ccc5c6cc(-c7nccn7-c7c(C)cc(C)cc7C)ccc6n(C)c5c4)cc2n3-c2ccccc2)c1. The first-order valence-corrected chi connectivity index (χ1v) is 18.7. The Labute approximate surface area is 315 Å². The fraction of sp³-hybridized carbons (Fsp3) is 0.100. The maximum absolute atomic E-state index is 4.86. The minimum atomic E-state index is 0.952. The van der Waals surface area contributed by atoms with Gasteiger partial charge in [0.05, 0.1) is 16.7 Å². The normalized spacial score (nSPS) is 11.8. The number of aryl methyl sites for hydroxylation is 5. The lowest BCUT2D eigenvalue weighted by atomic mass is 9.99. The van der Waals surface area contributed by atoms with E-state index in [0.29, 0.717) is 0 Å². The van der Waals surface area contributed by atoms with Crippen LogP contribution in [0, 0.1) is 27.7 Å². The van der Waals surface area contributed by atoms with Crippen molar-refractivity contribution >= 4 is 43.6 Å². The second-order valence-corrected chi connectivity index (χ2v) is 14.9. The highest BCUT2D eigenvalue weighted by Gasteiger charge is 2.18. The summed E-state index contributed by atoms with van der Waals surface area (Å²) in [6.07, 6.45) is 3.99. The summed E-state index contributed by atoms with van der Waals surface area (Å²) in [5, 5.41) is 4.97. The van der Waals surface area contributed by atoms with Crippen molar-refractivity contribution in [3.63, 3.8) is 0 Å². The summed E-state index contributed by atoms with van der Waals surface area (Å²) in [7, 11) is 2.18. The number of hydrogen-bond acceptors (Lipinski definition) is 1. The van der Waals surface area contributed by atoms with Crippen LogP contribution in [-0.2, 0) is 7.05 Å². The van der Waals surface area contributed by atoms with Gasteiger partial charge in [-0.15, -0.1) is 0 Å². The standard InChI is InChI=1S/C50H40N4/c1-31-10-9-11-35(26-31)36-16-21-46-44(27-36)42-19-15-38(30-48(42)54(46)40-12-7-6-8-13-40)37-14-18-41-43-28-39(17-20-45(43)52(5)47(41)29-37)50-51-22-23-53(50)49-33(3)24-32(2)25-34(49)4/h6-30H,1-5H3. The summed E-state index contributed by atoms with van der Waals surface area (Å²) in [6, 6.07) is 51.5. The molecular formula is C50H40N4. The Bertz CT molecular complexity index is 3070. The van der Waals surface area contributed by atoms with Crippen LogP contribution in [0.5, 0.6) is 0 Å². The molecule has 0 atom stereocenters. The Morgan fingerprint density at radius 2 is 1.06 bits per heavy atom. The first kappa shape index (κ1) is 32.0. The van der Waals surface area contributed by atoms with Gasteiger partial charge >= 0.3 is 0 Å². The van der Waals surface area contributed by atoms with Crippen LogP contribution < -0.4 is 0 Å². The van der Waals surface area contributed by atoms with Crippen molar-refractivity contribution in [3.8, 4) is 45.0 Å². The second kappa shape index (κ2) is 12.2. The number of nitrogens with zero attached hydrogens (tertiary/aromatic N) is 4. The number of rotatable bonds is 5. The average Bonchev–Trinajstić information content (AvgIpc) is 3.87. The zero-order valence-corrected chi connectivity index (χ0v) is 31.2. The van der Waals surface area contributed by atoms with Gasteiger partial charge in [-0.25, -0.2) is 4.98 Å². The molecule has 4 heteroatoms. The van der Waals surface area contributed by atoms with Crippen LogP contribution in [0.1, 0.15) is 22.3 Å². The molecule has 0 amide bonds. The van der Waals surface area contributed by atoms with Crippen molar-refractivity contribution in [1.82, 2.24) is 18.7 Å². The monoisotopic (exact) mass is 696 g/mol. The molecule has 10 aromatic rings. The van der Waals surface area contributed by atoms with Crippen molar-refractivity contribution in [2.75, 3.05) is 0 Å². The highest BCUT2D eigenvalue weighted by molar-refractivity contribution is 6.13. The van der Waals surface area contributed by atoms with Crippen LogP contribution in [-0.4, -0.2) is 18.7 Å². The molecule has 0 saturated carbocycles. The number of imidazole rings is 1. The fourth-order valence-corrected chi connectivity index (χ4v) is 8.84. The van der Waals surface area contributed by atoms with E-state index in [4.69, 9.17) is 4.98 Å². The largest absolute Gasteiger partial charge is 0.344 e. The van der Waals surface area contributed by atoms with E-state index < -0.39 is 0 Å². The molecule has 0 fully saturated rings. The van der Waals surface area contributed by atoms with Crippen LogP contribution in [0.2, 0.25) is 0 Å². The molecule has 0 radical (unpaired) electrons. The van der Waals surface area contributed by atoms with Gasteiger partial charge in [0.1, 0.15) is 5.82 Å². The van der Waals surface area contributed by atoms with Crippen LogP contribution >= 0.6 is 0 Å². The van der Waals surface area contributed by atoms with Gasteiger partial charge in [0.15, 0.2) is 0 Å². The minimum absolute atomic E-state index is 0.952. The van der Waals surface area contributed by atoms with Gasteiger partial charge in [-0.1, -0.05) is 96.1 Å². The Morgan fingerprint density at radius 3 is 1.81 bits per heavy atom. The molecule has 3 heterocycles. The van der Waals surface area contributed by atoms with Gasteiger partial charge in [0, 0.05) is 63.3 Å². The summed E-state index contributed by atoms with van der Waals surface area (Å²) >= 11 is 0. The second-order valence-electron chi connectivity index (χ2n) is 14.9. The van der Waals surface area contributed by atoms with Crippen LogP contribution in [0.15, 0.2) is 152 Å². The predicted molar refractivity (Wildman–Crippen MR) is 227 cm³/mol. The molecule has 0 bridgehead atoms. The first-order valence-electron chi connectivity index (χ1n) is 18.7. The van der Waals surface area contributed by atoms with Gasteiger partial charge in [-0.3, -0.25) is 4.57 Å². The smallest absolute Gasteiger partial charge is 0.144 e. The third kappa shape index (κ3) is 5.02. The molecule has 0 spiro atoms. The highest BCUT2D eigenvalue weighted by Crippen LogP contribution is 2.39. The Morgan fingerprint density at radius 1 is 0.444 bits per heavy atom. The number of hydrogen-bond donors (Lipinski definition) is 0. The summed E-state index contributed by atoms with van der Waals surface area (Å²) in [4.78, 5) is 4.86. The van der Waals surface area contributed by atoms with E-state index in [2.05, 4.69) is 194 Å². The molecule has 7 aromatic carbocycles. The van der Waals surface area contributed by atoms with E-state index in [9.17, 15) is 0 Å². The Hall–Kier alpha value is -6.65. The van der Waals surface area contributed by atoms with Gasteiger partial charge in [-0.05, 0) is 116 Å². The maximum Gasteiger partial charge on any atom is 0.144 e. The van der Waals surface area contributed by atoms with Crippen molar-refractivity contribution < 1.29 is 0 Å². The van der Waals surface area contributed by atoms with Crippen molar-refractivity contribution in [1.29, 1.82) is 0 Å². The molecule has 260 valence electrons. The third-order valence-electron chi connectivity index (χ3n) is 11.2. The van der Waals surface area contributed by atoms with E-state index in [1.165, 1.54) is 93.8 Å². The molecular weight excluding hydrogens is 657 g/mol. The molecule has 0 N–H and O–H groups in total. The van der Waals surface area contributed by atoms with Gasteiger partial charge < -0.3 is 9.13 Å². The Kier molecular flexibility index (Phi) is 7.24. The average molecular weight is 697 g/mol. The van der Waals surface area contributed by atoms with Crippen molar-refractivity contribution in [3.05, 3.63) is 174 Å². The summed E-state index contributed by atoms with van der Waals surface area (Å²) in [5.74, 6) is 0.952. The van der Waals surface area contributed by atoms with E-state index in [1.807, 2.05) is 6.20 Å². The lowest BCUT2D eigenvalue weighted by Crippen LogP contribution is -2.02. The number of aromatic nitrogens is 4. The summed E-state index contributed by atoms with van der Waals surface area (Å²) in [6.45, 7) is 8.68. The van der Waals surface area contributed by atoms with Crippen LogP contribution in [0.25, 0.3) is 88.6 Å². The number of benzene rings is 7. The lowest BCUT2D eigenvalue weighted by Gasteiger charge is -2.15. The summed E-state index contributed by atoms with van der Waals surface area (Å²) in [5.41, 5.74) is 18.2. The first-order chi connectivity index (χ1) is 26.3. The predicted octanol–water partition coefficient (Wildman–Crippen LogP) is 12.8. The maximum atomic E-state index is 4.86. The topological polar surface area (TPSA) is 27.7 Å². The molecule has 4 nitrogen and oxygen atoms in total. The highest BCUT2D eigenvalue weighted by atomic mass is 15.1. The molecule has 10 rings (SSSR count). The molecule has 0 unspecified atom stereocenters. The van der Waals surface area contributed by atoms with Gasteiger partial charge in [0.25, 0.3) is 0 Å². The van der Waals surface area contributed by atoms with Gasteiger partial charge in [0.2, 0.25) is 0 Å². The van der Waals surface area contributed by atoms with Crippen molar-refractivity contribution in [2.45, 2.75) is 27.7 Å². The van der Waals surface area contributed by atoms with E-state index in [1.54, 1.807) is 0 Å². The third-order valence-corrected chi connectivity index (χ3v) is 11.2. The molecule has 0 aliphatic carbocycles. The van der Waals surface area contributed by atoms with E-state index in [0.717, 1.165) is 17.1 Å². The number of para-hydroxylation sites is 1. The molecule has 54 heavy (non-hydrogen) atoms. The zero-order valence-electron chi connectivity index (χ0n) is 31.2. The van der Waals surface area contributed by atoms with Crippen LogP contribution in [0.4, 0.5) is 0 Å². The quantitative estimate of drug-likeness (QED) is 0.176. The van der Waals surface area contributed by atoms with Crippen molar-refractivity contribution in [2.24, 2.45) is 7.05 Å². The van der Waals surface area contributed by atoms with E-state index >= 15 is 0 Å². The molecule has 0 saturated heterocycles.